The second kappa shape index (κ2) is 8.60. The van der Waals surface area contributed by atoms with Crippen molar-refractivity contribution < 1.29 is 14.7 Å². The molecular formula is C15H30N2O3. The van der Waals surface area contributed by atoms with Gasteiger partial charge in [-0.15, -0.1) is 0 Å². The van der Waals surface area contributed by atoms with Crippen LogP contribution in [-0.4, -0.2) is 47.4 Å². The number of hydroxylamine groups is 2. The monoisotopic (exact) mass is 286 g/mol. The molecule has 0 bridgehead atoms. The van der Waals surface area contributed by atoms with Crippen LogP contribution in [0.5, 0.6) is 0 Å². The van der Waals surface area contributed by atoms with Gasteiger partial charge >= 0.3 is 0 Å². The number of amides is 1. The lowest BCUT2D eigenvalue weighted by molar-refractivity contribution is -0.181. The first kappa shape index (κ1) is 17.4. The number of rotatable bonds is 8. The fourth-order valence-corrected chi connectivity index (χ4v) is 2.31. The highest BCUT2D eigenvalue weighted by atomic mass is 16.7. The maximum atomic E-state index is 11.8. The Hall–Kier alpha value is -0.650. The Morgan fingerprint density at radius 2 is 2.20 bits per heavy atom. The van der Waals surface area contributed by atoms with E-state index in [4.69, 9.17) is 4.84 Å². The second-order valence-electron chi connectivity index (χ2n) is 6.39. The average molecular weight is 286 g/mol. The summed E-state index contributed by atoms with van der Waals surface area (Å²) in [7, 11) is 0. The van der Waals surface area contributed by atoms with Gasteiger partial charge in [0, 0.05) is 25.6 Å². The molecule has 1 saturated heterocycles. The van der Waals surface area contributed by atoms with Gasteiger partial charge in [0.1, 0.15) is 0 Å². The van der Waals surface area contributed by atoms with E-state index in [1.807, 2.05) is 25.8 Å². The highest BCUT2D eigenvalue weighted by molar-refractivity contribution is 5.76. The molecule has 1 fully saturated rings. The lowest BCUT2D eigenvalue weighted by atomic mass is 10.00. The summed E-state index contributed by atoms with van der Waals surface area (Å²) in [4.78, 5) is 17.3. The molecule has 1 aliphatic heterocycles. The Morgan fingerprint density at radius 1 is 1.45 bits per heavy atom. The quantitative estimate of drug-likeness (QED) is 0.715. The van der Waals surface area contributed by atoms with Crippen molar-refractivity contribution in [3.63, 3.8) is 0 Å². The minimum Gasteiger partial charge on any atom is -0.390 e. The van der Waals surface area contributed by atoms with Crippen molar-refractivity contribution in [2.45, 2.75) is 70.9 Å². The van der Waals surface area contributed by atoms with Crippen molar-refractivity contribution in [2.75, 3.05) is 19.7 Å². The Balaban J connectivity index is 2.08. The van der Waals surface area contributed by atoms with E-state index in [1.165, 1.54) is 0 Å². The zero-order valence-corrected chi connectivity index (χ0v) is 13.2. The molecule has 118 valence electrons. The third-order valence-corrected chi connectivity index (χ3v) is 3.50. The number of carbonyl (C=O) groups excluding carboxylic acids is 1. The maximum Gasteiger partial charge on any atom is 0.221 e. The van der Waals surface area contributed by atoms with Crippen LogP contribution in [0.15, 0.2) is 0 Å². The fraction of sp³-hybridized carbons (Fsp3) is 0.933. The van der Waals surface area contributed by atoms with Gasteiger partial charge in [-0.1, -0.05) is 0 Å². The molecule has 0 unspecified atom stereocenters. The zero-order chi connectivity index (χ0) is 15.0. The first-order valence-corrected chi connectivity index (χ1v) is 7.76. The molecule has 2 N–H and O–H groups in total. The molecule has 5 heteroatoms. The molecule has 1 heterocycles. The molecule has 20 heavy (non-hydrogen) atoms. The van der Waals surface area contributed by atoms with Gasteiger partial charge in [-0.3, -0.25) is 9.63 Å². The molecule has 1 aliphatic rings. The van der Waals surface area contributed by atoms with E-state index >= 15 is 0 Å². The molecule has 0 aromatic rings. The first-order valence-electron chi connectivity index (χ1n) is 7.76. The summed E-state index contributed by atoms with van der Waals surface area (Å²) < 4.78 is 0. The largest absolute Gasteiger partial charge is 0.390 e. The Labute approximate surface area is 122 Å². The van der Waals surface area contributed by atoms with Crippen molar-refractivity contribution >= 4 is 5.91 Å². The van der Waals surface area contributed by atoms with Crippen molar-refractivity contribution in [2.24, 2.45) is 0 Å². The maximum absolute atomic E-state index is 11.8. The Morgan fingerprint density at radius 3 is 2.80 bits per heavy atom. The summed E-state index contributed by atoms with van der Waals surface area (Å²) >= 11 is 0. The van der Waals surface area contributed by atoms with Crippen molar-refractivity contribution in [3.8, 4) is 0 Å². The summed E-state index contributed by atoms with van der Waals surface area (Å²) in [5.41, 5.74) is -0.616. The topological polar surface area (TPSA) is 61.8 Å². The number of nitrogens with zero attached hydrogens (tertiary/aromatic N) is 1. The van der Waals surface area contributed by atoms with Gasteiger partial charge in [0.25, 0.3) is 0 Å². The molecule has 0 aromatic carbocycles. The van der Waals surface area contributed by atoms with Gasteiger partial charge in [-0.05, 0) is 52.9 Å². The van der Waals surface area contributed by atoms with Crippen LogP contribution in [0.2, 0.25) is 0 Å². The van der Waals surface area contributed by atoms with Gasteiger partial charge in [0.2, 0.25) is 5.91 Å². The van der Waals surface area contributed by atoms with E-state index in [9.17, 15) is 9.90 Å². The van der Waals surface area contributed by atoms with Crippen LogP contribution in [-0.2, 0) is 9.63 Å². The van der Waals surface area contributed by atoms with Crippen molar-refractivity contribution in [3.05, 3.63) is 0 Å². The van der Waals surface area contributed by atoms with Crippen LogP contribution in [0.25, 0.3) is 0 Å². The van der Waals surface area contributed by atoms with Crippen molar-refractivity contribution in [1.29, 1.82) is 0 Å². The van der Waals surface area contributed by atoms with E-state index in [0.29, 0.717) is 13.0 Å². The van der Waals surface area contributed by atoms with Crippen LogP contribution in [0.4, 0.5) is 0 Å². The predicted octanol–water partition coefficient (Wildman–Crippen LogP) is 1.85. The molecule has 0 aromatic heterocycles. The summed E-state index contributed by atoms with van der Waals surface area (Å²) in [6.45, 7) is 8.01. The smallest absolute Gasteiger partial charge is 0.221 e. The van der Waals surface area contributed by atoms with Crippen LogP contribution >= 0.6 is 0 Å². The van der Waals surface area contributed by atoms with E-state index < -0.39 is 5.60 Å². The van der Waals surface area contributed by atoms with Gasteiger partial charge in [-0.2, -0.15) is 5.06 Å². The SMILES string of the molecule is C[C@H](CCCC(C)(C)O)NC(=O)CCN1CCCCO1. The highest BCUT2D eigenvalue weighted by Crippen LogP contribution is 2.13. The molecule has 0 saturated carbocycles. The number of nitrogens with one attached hydrogen (secondary N) is 1. The summed E-state index contributed by atoms with van der Waals surface area (Å²) in [5.74, 6) is 0.0786. The third-order valence-electron chi connectivity index (χ3n) is 3.50. The lowest BCUT2D eigenvalue weighted by Crippen LogP contribution is -2.37. The van der Waals surface area contributed by atoms with Crippen molar-refractivity contribution in [1.82, 2.24) is 10.4 Å². The lowest BCUT2D eigenvalue weighted by Gasteiger charge is -2.26. The van der Waals surface area contributed by atoms with E-state index in [0.717, 1.165) is 45.3 Å². The van der Waals surface area contributed by atoms with E-state index in [2.05, 4.69) is 5.32 Å². The number of hydrogen-bond donors (Lipinski definition) is 2. The fourth-order valence-electron chi connectivity index (χ4n) is 2.31. The minimum atomic E-state index is -0.616. The molecule has 1 rings (SSSR count). The summed E-state index contributed by atoms with van der Waals surface area (Å²) in [6, 6.07) is 0.159. The standard InChI is InChI=1S/C15H30N2O3/c1-13(7-6-9-15(2,3)19)16-14(18)8-11-17-10-4-5-12-20-17/h13,19H,4-12H2,1-3H3,(H,16,18)/t13-/m1/s1. The van der Waals surface area contributed by atoms with Gasteiger partial charge in [-0.25, -0.2) is 0 Å². The number of hydrogen-bond acceptors (Lipinski definition) is 4. The molecule has 0 aliphatic carbocycles. The van der Waals surface area contributed by atoms with E-state index in [1.54, 1.807) is 0 Å². The Kier molecular flexibility index (Phi) is 7.48. The molecule has 1 atom stereocenters. The predicted molar refractivity (Wildman–Crippen MR) is 79.1 cm³/mol. The van der Waals surface area contributed by atoms with Gasteiger partial charge < -0.3 is 10.4 Å². The normalized spacial score (nSPS) is 18.8. The number of carbonyl (C=O) groups is 1. The number of aliphatic hydroxyl groups is 1. The van der Waals surface area contributed by atoms with Gasteiger partial charge in [0.15, 0.2) is 0 Å². The van der Waals surface area contributed by atoms with Gasteiger partial charge in [0.05, 0.1) is 12.2 Å². The summed E-state index contributed by atoms with van der Waals surface area (Å²) in [6.07, 6.45) is 5.32. The summed E-state index contributed by atoms with van der Waals surface area (Å²) in [5, 5.41) is 14.5. The van der Waals surface area contributed by atoms with Crippen LogP contribution in [0.3, 0.4) is 0 Å². The average Bonchev–Trinajstić information content (AvgIpc) is 2.36. The molecule has 0 radical (unpaired) electrons. The van der Waals surface area contributed by atoms with Crippen LogP contribution < -0.4 is 5.32 Å². The van der Waals surface area contributed by atoms with Crippen LogP contribution in [0, 0.1) is 0 Å². The molecule has 5 nitrogen and oxygen atoms in total. The first-order chi connectivity index (χ1) is 9.37. The molecular weight excluding hydrogens is 256 g/mol. The highest BCUT2D eigenvalue weighted by Gasteiger charge is 2.15. The molecule has 1 amide bonds. The van der Waals surface area contributed by atoms with Crippen LogP contribution in [0.1, 0.15) is 59.3 Å². The third kappa shape index (κ3) is 8.51. The van der Waals surface area contributed by atoms with E-state index in [-0.39, 0.29) is 11.9 Å². The molecule has 0 spiro atoms. The second-order valence-corrected chi connectivity index (χ2v) is 6.39. The Bertz CT molecular complexity index is 283. The zero-order valence-electron chi connectivity index (χ0n) is 13.2. The minimum absolute atomic E-state index is 0.0786.